The fourth-order valence-corrected chi connectivity index (χ4v) is 1.76. The van der Waals surface area contributed by atoms with Gasteiger partial charge in [-0.05, 0) is 18.2 Å². The molecule has 0 aliphatic rings. The number of benzene rings is 1. The second-order valence-electron chi connectivity index (χ2n) is 3.17. The van der Waals surface area contributed by atoms with Crippen molar-refractivity contribution in [3.05, 3.63) is 30.6 Å². The predicted molar refractivity (Wildman–Crippen MR) is 54.6 cm³/mol. The normalized spacial score (nSPS) is 11.4. The van der Waals surface area contributed by atoms with E-state index in [4.69, 9.17) is 5.73 Å². The van der Waals surface area contributed by atoms with Gasteiger partial charge in [0.05, 0.1) is 11.2 Å². The molecule has 0 unspecified atom stereocenters. The van der Waals surface area contributed by atoms with E-state index in [-0.39, 0.29) is 0 Å². The first kappa shape index (κ1) is 6.60. The van der Waals surface area contributed by atoms with E-state index in [2.05, 4.69) is 16.0 Å². The molecule has 4 N–H and O–H groups in total. The van der Waals surface area contributed by atoms with E-state index in [0.29, 0.717) is 0 Å². The fourth-order valence-electron chi connectivity index (χ4n) is 1.76. The lowest BCUT2D eigenvalue weighted by Crippen LogP contribution is -1.87. The summed E-state index contributed by atoms with van der Waals surface area (Å²) in [7, 11) is 0. The van der Waals surface area contributed by atoms with Gasteiger partial charge in [-0.2, -0.15) is 0 Å². The highest BCUT2D eigenvalue weighted by Crippen LogP contribution is 2.28. The van der Waals surface area contributed by atoms with Crippen molar-refractivity contribution in [2.75, 3.05) is 5.73 Å². The Balaban J connectivity index is 2.67. The third-order valence-corrected chi connectivity index (χ3v) is 2.42. The van der Waals surface area contributed by atoms with E-state index in [1.54, 1.807) is 0 Å². The molecule has 3 heteroatoms. The van der Waals surface area contributed by atoms with Crippen molar-refractivity contribution in [1.82, 2.24) is 9.97 Å². The largest absolute Gasteiger partial charge is 0.396 e. The lowest BCUT2D eigenvalue weighted by atomic mass is 10.1. The van der Waals surface area contributed by atoms with Crippen LogP contribution in [0.2, 0.25) is 0 Å². The van der Waals surface area contributed by atoms with E-state index < -0.39 is 0 Å². The Morgan fingerprint density at radius 2 is 1.92 bits per heavy atom. The van der Waals surface area contributed by atoms with E-state index >= 15 is 0 Å². The second kappa shape index (κ2) is 2.07. The van der Waals surface area contributed by atoms with Crippen molar-refractivity contribution >= 4 is 27.5 Å². The summed E-state index contributed by atoms with van der Waals surface area (Å²) in [4.78, 5) is 6.28. The third-order valence-electron chi connectivity index (χ3n) is 2.42. The topological polar surface area (TPSA) is 57.6 Å². The van der Waals surface area contributed by atoms with Crippen LogP contribution in [0.5, 0.6) is 0 Å². The lowest BCUT2D eigenvalue weighted by Gasteiger charge is -1.98. The minimum atomic E-state index is 0.818. The number of anilines is 1. The van der Waals surface area contributed by atoms with Gasteiger partial charge in [-0.15, -0.1) is 0 Å². The van der Waals surface area contributed by atoms with Crippen molar-refractivity contribution in [2.24, 2.45) is 0 Å². The number of nitrogens with one attached hydrogen (secondary N) is 2. The number of aromatic nitrogens is 2. The Labute approximate surface area is 74.6 Å². The molecule has 13 heavy (non-hydrogen) atoms. The molecular weight excluding hydrogens is 162 g/mol. The standard InChI is InChI=1S/C10H9N3/c11-9-7-2-4-12-8(7)5-6-1-3-13-10(6)9/h1-5,12-13H,11H2. The average molecular weight is 171 g/mol. The zero-order chi connectivity index (χ0) is 8.84. The van der Waals surface area contributed by atoms with Crippen molar-refractivity contribution in [1.29, 1.82) is 0 Å². The van der Waals surface area contributed by atoms with Crippen LogP contribution in [0.15, 0.2) is 30.6 Å². The molecule has 0 atom stereocenters. The van der Waals surface area contributed by atoms with Crippen molar-refractivity contribution in [2.45, 2.75) is 0 Å². The Morgan fingerprint density at radius 1 is 1.08 bits per heavy atom. The van der Waals surface area contributed by atoms with Crippen LogP contribution in [0.3, 0.4) is 0 Å². The van der Waals surface area contributed by atoms with Gasteiger partial charge in [-0.25, -0.2) is 0 Å². The van der Waals surface area contributed by atoms with Crippen LogP contribution >= 0.6 is 0 Å². The average Bonchev–Trinajstić information content (AvgIpc) is 2.71. The molecule has 0 radical (unpaired) electrons. The van der Waals surface area contributed by atoms with E-state index in [1.165, 1.54) is 0 Å². The summed E-state index contributed by atoms with van der Waals surface area (Å²) in [6.45, 7) is 0. The quantitative estimate of drug-likeness (QED) is 0.446. The van der Waals surface area contributed by atoms with Gasteiger partial charge in [-0.1, -0.05) is 0 Å². The van der Waals surface area contributed by atoms with Gasteiger partial charge in [0, 0.05) is 28.7 Å². The Morgan fingerprint density at radius 3 is 2.85 bits per heavy atom. The molecule has 0 fully saturated rings. The summed E-state index contributed by atoms with van der Waals surface area (Å²) < 4.78 is 0. The first-order valence-corrected chi connectivity index (χ1v) is 4.19. The van der Waals surface area contributed by atoms with Gasteiger partial charge in [0.15, 0.2) is 0 Å². The van der Waals surface area contributed by atoms with Crippen molar-refractivity contribution in [3.63, 3.8) is 0 Å². The van der Waals surface area contributed by atoms with Crippen LogP contribution < -0.4 is 5.73 Å². The molecule has 64 valence electrons. The summed E-state index contributed by atoms with van der Waals surface area (Å²) in [5, 5.41) is 2.22. The zero-order valence-electron chi connectivity index (χ0n) is 6.96. The van der Waals surface area contributed by atoms with Crippen molar-refractivity contribution in [3.8, 4) is 0 Å². The highest BCUT2D eigenvalue weighted by molar-refractivity contribution is 6.07. The number of fused-ring (bicyclic) bond motifs is 2. The maximum Gasteiger partial charge on any atom is 0.0695 e. The first-order valence-electron chi connectivity index (χ1n) is 4.19. The van der Waals surface area contributed by atoms with E-state index in [0.717, 1.165) is 27.5 Å². The minimum absolute atomic E-state index is 0.818. The number of H-pyrrole nitrogens is 2. The maximum atomic E-state index is 5.99. The van der Waals surface area contributed by atoms with E-state index in [1.807, 2.05) is 24.5 Å². The van der Waals surface area contributed by atoms with Crippen LogP contribution in [-0.4, -0.2) is 9.97 Å². The van der Waals surface area contributed by atoms with Gasteiger partial charge in [0.2, 0.25) is 0 Å². The summed E-state index contributed by atoms with van der Waals surface area (Å²) >= 11 is 0. The molecule has 0 saturated heterocycles. The van der Waals surface area contributed by atoms with Gasteiger partial charge in [0.1, 0.15) is 0 Å². The molecule has 0 aliphatic heterocycles. The molecule has 1 aromatic carbocycles. The molecule has 0 bridgehead atoms. The molecule has 0 amide bonds. The van der Waals surface area contributed by atoms with Crippen molar-refractivity contribution < 1.29 is 0 Å². The molecule has 0 aliphatic carbocycles. The highest BCUT2D eigenvalue weighted by atomic mass is 14.7. The van der Waals surface area contributed by atoms with Gasteiger partial charge in [0.25, 0.3) is 0 Å². The third kappa shape index (κ3) is 0.731. The molecule has 3 aromatic rings. The molecular formula is C10H9N3. The van der Waals surface area contributed by atoms with Gasteiger partial charge in [-0.3, -0.25) is 0 Å². The molecule has 3 rings (SSSR count). The monoisotopic (exact) mass is 171 g/mol. The molecule has 0 spiro atoms. The molecule has 3 nitrogen and oxygen atoms in total. The number of hydrogen-bond acceptors (Lipinski definition) is 1. The Hall–Kier alpha value is -1.90. The number of nitrogens with two attached hydrogens (primary N) is 1. The summed E-state index contributed by atoms with van der Waals surface area (Å²) in [6, 6.07) is 6.11. The predicted octanol–water partition coefficient (Wildman–Crippen LogP) is 2.23. The summed E-state index contributed by atoms with van der Waals surface area (Å²) in [5.41, 5.74) is 8.92. The Bertz CT molecular complexity index is 525. The number of nitrogen functional groups attached to an aromatic ring is 1. The lowest BCUT2D eigenvalue weighted by molar-refractivity contribution is 1.47. The minimum Gasteiger partial charge on any atom is -0.396 e. The fraction of sp³-hybridized carbons (Fsp3) is 0. The zero-order valence-corrected chi connectivity index (χ0v) is 6.96. The van der Waals surface area contributed by atoms with Crippen LogP contribution in [0, 0.1) is 0 Å². The highest BCUT2D eigenvalue weighted by Gasteiger charge is 2.04. The molecule has 2 heterocycles. The SMILES string of the molecule is Nc1c2cc[nH]c2cc2cc[nH]c12. The van der Waals surface area contributed by atoms with Gasteiger partial charge < -0.3 is 15.7 Å². The second-order valence-corrected chi connectivity index (χ2v) is 3.17. The van der Waals surface area contributed by atoms with Crippen LogP contribution in [0.4, 0.5) is 5.69 Å². The number of rotatable bonds is 0. The van der Waals surface area contributed by atoms with Crippen LogP contribution in [0.1, 0.15) is 0 Å². The van der Waals surface area contributed by atoms with Gasteiger partial charge >= 0.3 is 0 Å². The summed E-state index contributed by atoms with van der Waals surface area (Å²) in [5.74, 6) is 0. The number of aromatic amines is 2. The smallest absolute Gasteiger partial charge is 0.0695 e. The Kier molecular flexibility index (Phi) is 1.05. The maximum absolute atomic E-state index is 5.99. The molecule has 2 aromatic heterocycles. The number of hydrogen-bond donors (Lipinski definition) is 3. The first-order chi connectivity index (χ1) is 6.36. The summed E-state index contributed by atoms with van der Waals surface area (Å²) in [6.07, 6.45) is 3.81. The van der Waals surface area contributed by atoms with Crippen LogP contribution in [-0.2, 0) is 0 Å². The van der Waals surface area contributed by atoms with Crippen LogP contribution in [0.25, 0.3) is 21.8 Å². The molecule has 0 saturated carbocycles. The van der Waals surface area contributed by atoms with E-state index in [9.17, 15) is 0 Å².